The Bertz CT molecular complexity index is 450. The van der Waals surface area contributed by atoms with Crippen molar-refractivity contribution in [3.63, 3.8) is 0 Å². The summed E-state index contributed by atoms with van der Waals surface area (Å²) in [7, 11) is -3.49. The first-order chi connectivity index (χ1) is 8.16. The van der Waals surface area contributed by atoms with E-state index in [1.807, 2.05) is 6.07 Å². The summed E-state index contributed by atoms with van der Waals surface area (Å²) in [5, 5.41) is 9.05. The van der Waals surface area contributed by atoms with Gasteiger partial charge in [-0.05, 0) is 32.1 Å². The van der Waals surface area contributed by atoms with Crippen LogP contribution in [0, 0.1) is 11.3 Å². The van der Waals surface area contributed by atoms with E-state index in [9.17, 15) is 4.57 Å². The molecule has 0 saturated carbocycles. The monoisotopic (exact) mass is 254 g/mol. The Balaban J connectivity index is 3.06. The van der Waals surface area contributed by atoms with Crippen LogP contribution in [0.1, 0.15) is 19.5 Å². The molecule has 6 heteroatoms. The van der Waals surface area contributed by atoms with Gasteiger partial charge in [0.15, 0.2) is 0 Å². The molecule has 1 heterocycles. The summed E-state index contributed by atoms with van der Waals surface area (Å²) >= 11 is 0. The number of rotatable bonds is 6. The van der Waals surface area contributed by atoms with Crippen molar-refractivity contribution in [2.24, 2.45) is 0 Å². The number of aromatic amines is 1. The molecular formula is C11H15N2O3P. The van der Waals surface area contributed by atoms with Crippen molar-refractivity contribution in [1.82, 2.24) is 4.98 Å². The molecule has 0 spiro atoms. The molecule has 0 saturated heterocycles. The predicted octanol–water partition coefficient (Wildman–Crippen LogP) is 3.15. The summed E-state index contributed by atoms with van der Waals surface area (Å²) in [6, 6.07) is 5.43. The molecule has 0 aromatic carbocycles. The number of nitrogens with zero attached hydrogens (tertiary/aromatic N) is 1. The molecule has 92 valence electrons. The predicted molar refractivity (Wildman–Crippen MR) is 65.2 cm³/mol. The molecule has 0 aliphatic heterocycles. The van der Waals surface area contributed by atoms with Crippen LogP contribution in [0.25, 0.3) is 6.08 Å². The lowest BCUT2D eigenvalue weighted by Gasteiger charge is -2.15. The summed E-state index contributed by atoms with van der Waals surface area (Å²) in [6.45, 7) is 3.85. The maximum atomic E-state index is 12.3. The first-order valence-corrected chi connectivity index (χ1v) is 6.85. The zero-order valence-corrected chi connectivity index (χ0v) is 10.7. The van der Waals surface area contributed by atoms with Gasteiger partial charge in [-0.3, -0.25) is 4.57 Å². The van der Waals surface area contributed by atoms with E-state index in [4.69, 9.17) is 14.3 Å². The molecule has 0 unspecified atom stereocenters. The summed E-state index contributed by atoms with van der Waals surface area (Å²) in [4.78, 5) is 2.90. The summed E-state index contributed by atoms with van der Waals surface area (Å²) in [6.07, 6.45) is 3.19. The molecule has 0 atom stereocenters. The van der Waals surface area contributed by atoms with Crippen LogP contribution in [0.4, 0.5) is 0 Å². The number of H-pyrrole nitrogens is 1. The molecule has 0 aliphatic rings. The van der Waals surface area contributed by atoms with Gasteiger partial charge in [-0.25, -0.2) is 0 Å². The van der Waals surface area contributed by atoms with Crippen LogP contribution in [-0.2, 0) is 13.6 Å². The molecule has 0 bridgehead atoms. The van der Waals surface area contributed by atoms with E-state index in [2.05, 4.69) is 4.98 Å². The molecule has 1 aromatic rings. The summed E-state index contributed by atoms with van der Waals surface area (Å²) < 4.78 is 22.5. The van der Waals surface area contributed by atoms with Crippen molar-refractivity contribution in [3.8, 4) is 6.07 Å². The second-order valence-corrected chi connectivity index (χ2v) is 5.09. The highest BCUT2D eigenvalue weighted by molar-refractivity contribution is 7.59. The van der Waals surface area contributed by atoms with Crippen molar-refractivity contribution < 1.29 is 13.6 Å². The maximum absolute atomic E-state index is 12.3. The van der Waals surface area contributed by atoms with Crippen molar-refractivity contribution >= 4 is 13.7 Å². The lowest BCUT2D eigenvalue weighted by molar-refractivity contribution is 0.227. The van der Waals surface area contributed by atoms with E-state index >= 15 is 0 Å². The number of nitriles is 1. The Hall–Kier alpha value is -1.34. The van der Waals surface area contributed by atoms with E-state index < -0.39 is 7.60 Å². The molecule has 0 radical (unpaired) electrons. The summed E-state index contributed by atoms with van der Waals surface area (Å²) in [5.41, 5.74) is 0.682. The molecule has 1 aromatic heterocycles. The zero-order chi connectivity index (χ0) is 12.7. The van der Waals surface area contributed by atoms with Crippen LogP contribution in [0.3, 0.4) is 0 Å². The summed E-state index contributed by atoms with van der Waals surface area (Å²) in [5.74, 6) is 0. The fourth-order valence-corrected chi connectivity index (χ4v) is 2.72. The number of hydrogen-bond acceptors (Lipinski definition) is 4. The van der Waals surface area contributed by atoms with Gasteiger partial charge in [-0.1, -0.05) is 0 Å². The van der Waals surface area contributed by atoms with Crippen LogP contribution in [0.2, 0.25) is 0 Å². The average Bonchev–Trinajstić information content (AvgIpc) is 2.79. The van der Waals surface area contributed by atoms with Crippen LogP contribution < -0.4 is 0 Å². The van der Waals surface area contributed by atoms with Gasteiger partial charge in [0.1, 0.15) is 11.4 Å². The third-order valence-electron chi connectivity index (χ3n) is 1.92. The SMILES string of the molecule is CCOP(=O)(OCC)/C(C#N)=C/c1ccc[nH]1. The first-order valence-electron chi connectivity index (χ1n) is 5.31. The van der Waals surface area contributed by atoms with Gasteiger partial charge >= 0.3 is 7.60 Å². The number of nitrogens with one attached hydrogen (secondary N) is 1. The first kappa shape index (κ1) is 13.7. The highest BCUT2D eigenvalue weighted by atomic mass is 31.2. The van der Waals surface area contributed by atoms with Crippen LogP contribution in [0.5, 0.6) is 0 Å². The van der Waals surface area contributed by atoms with Gasteiger partial charge in [0.25, 0.3) is 0 Å². The lowest BCUT2D eigenvalue weighted by Crippen LogP contribution is -1.97. The number of aromatic nitrogens is 1. The Morgan fingerprint density at radius 3 is 2.59 bits per heavy atom. The molecule has 0 aliphatic carbocycles. The van der Waals surface area contributed by atoms with Gasteiger partial charge in [-0.15, -0.1) is 0 Å². The van der Waals surface area contributed by atoms with E-state index in [0.29, 0.717) is 5.69 Å². The second-order valence-electron chi connectivity index (χ2n) is 3.10. The van der Waals surface area contributed by atoms with Crippen molar-refractivity contribution in [2.45, 2.75) is 13.8 Å². The van der Waals surface area contributed by atoms with Crippen molar-refractivity contribution in [1.29, 1.82) is 5.26 Å². The lowest BCUT2D eigenvalue weighted by atomic mass is 10.4. The van der Waals surface area contributed by atoms with E-state index in [0.717, 1.165) is 0 Å². The molecular weight excluding hydrogens is 239 g/mol. The maximum Gasteiger partial charge on any atom is 0.371 e. The normalized spacial score (nSPS) is 12.4. The van der Waals surface area contributed by atoms with Gasteiger partial charge < -0.3 is 14.0 Å². The minimum absolute atomic E-state index is 0.00338. The fourth-order valence-electron chi connectivity index (χ4n) is 1.27. The Labute approximate surface area is 101 Å². The number of allylic oxidation sites excluding steroid dienone is 1. The quantitative estimate of drug-likeness (QED) is 0.625. The largest absolute Gasteiger partial charge is 0.371 e. The van der Waals surface area contributed by atoms with Gasteiger partial charge in [-0.2, -0.15) is 5.26 Å². The Morgan fingerprint density at radius 1 is 1.53 bits per heavy atom. The average molecular weight is 254 g/mol. The van der Waals surface area contributed by atoms with Crippen LogP contribution >= 0.6 is 7.60 Å². The van der Waals surface area contributed by atoms with E-state index in [1.165, 1.54) is 6.08 Å². The van der Waals surface area contributed by atoms with Crippen LogP contribution in [-0.4, -0.2) is 18.2 Å². The zero-order valence-electron chi connectivity index (χ0n) is 9.84. The van der Waals surface area contributed by atoms with Gasteiger partial charge in [0.05, 0.1) is 13.2 Å². The molecule has 5 nitrogen and oxygen atoms in total. The second kappa shape index (κ2) is 6.41. The van der Waals surface area contributed by atoms with Gasteiger partial charge in [0, 0.05) is 11.9 Å². The minimum Gasteiger partial charge on any atom is -0.362 e. The third-order valence-corrected chi connectivity index (χ3v) is 3.94. The topological polar surface area (TPSA) is 75.1 Å². The Morgan fingerprint density at radius 2 is 2.18 bits per heavy atom. The Kier molecular flexibility index (Phi) is 5.17. The molecule has 0 amide bonds. The van der Waals surface area contributed by atoms with E-state index in [1.54, 1.807) is 32.2 Å². The molecule has 17 heavy (non-hydrogen) atoms. The third kappa shape index (κ3) is 3.57. The molecule has 0 fully saturated rings. The molecule has 1 N–H and O–H groups in total. The highest BCUT2D eigenvalue weighted by Crippen LogP contribution is 2.56. The van der Waals surface area contributed by atoms with Crippen molar-refractivity contribution in [3.05, 3.63) is 29.3 Å². The van der Waals surface area contributed by atoms with Crippen molar-refractivity contribution in [2.75, 3.05) is 13.2 Å². The van der Waals surface area contributed by atoms with Crippen LogP contribution in [0.15, 0.2) is 23.6 Å². The number of hydrogen-bond donors (Lipinski definition) is 1. The molecule has 1 rings (SSSR count). The van der Waals surface area contributed by atoms with E-state index in [-0.39, 0.29) is 18.5 Å². The van der Waals surface area contributed by atoms with Gasteiger partial charge in [0.2, 0.25) is 0 Å². The highest BCUT2D eigenvalue weighted by Gasteiger charge is 2.29. The standard InChI is InChI=1S/C11H15N2O3P/c1-3-15-17(14,16-4-2)11(9-12)8-10-6-5-7-13-10/h5-8,13H,3-4H2,1-2H3/b11-8+. The fraction of sp³-hybridized carbons (Fsp3) is 0.364. The smallest absolute Gasteiger partial charge is 0.362 e. The minimum atomic E-state index is -3.49.